The van der Waals surface area contributed by atoms with Crippen molar-refractivity contribution < 1.29 is 15.0 Å². The fourth-order valence-electron chi connectivity index (χ4n) is 3.13. The van der Waals surface area contributed by atoms with Crippen molar-refractivity contribution in [2.75, 3.05) is 0 Å². The second-order valence-electron chi connectivity index (χ2n) is 5.43. The standard InChI is InChI=1S/C12H20O3/c1-8-2-4-9(5-3-8)12(6-7-12)10(13)11(14)15/h8-10,13H,2-7H2,1H3,(H,14,15). The van der Waals surface area contributed by atoms with Gasteiger partial charge in [0.1, 0.15) is 0 Å². The summed E-state index contributed by atoms with van der Waals surface area (Å²) >= 11 is 0. The van der Waals surface area contributed by atoms with Gasteiger partial charge in [0, 0.05) is 5.41 Å². The van der Waals surface area contributed by atoms with Gasteiger partial charge in [-0.05, 0) is 37.5 Å². The van der Waals surface area contributed by atoms with E-state index in [-0.39, 0.29) is 5.41 Å². The first kappa shape index (κ1) is 10.9. The minimum atomic E-state index is -1.13. The third kappa shape index (κ3) is 1.89. The van der Waals surface area contributed by atoms with Gasteiger partial charge >= 0.3 is 5.97 Å². The van der Waals surface area contributed by atoms with Crippen LogP contribution in [0.25, 0.3) is 0 Å². The van der Waals surface area contributed by atoms with Gasteiger partial charge in [0.2, 0.25) is 0 Å². The van der Waals surface area contributed by atoms with Crippen molar-refractivity contribution >= 4 is 5.97 Å². The molecule has 0 radical (unpaired) electrons. The molecule has 1 atom stereocenters. The number of aliphatic carboxylic acids is 1. The van der Waals surface area contributed by atoms with E-state index in [1.807, 2.05) is 0 Å². The van der Waals surface area contributed by atoms with Crippen molar-refractivity contribution in [1.82, 2.24) is 0 Å². The maximum Gasteiger partial charge on any atom is 0.333 e. The average molecular weight is 212 g/mol. The Kier molecular flexibility index (Phi) is 2.75. The largest absolute Gasteiger partial charge is 0.479 e. The molecule has 3 heteroatoms. The zero-order valence-corrected chi connectivity index (χ0v) is 9.28. The van der Waals surface area contributed by atoms with Crippen LogP contribution in [0.4, 0.5) is 0 Å². The van der Waals surface area contributed by atoms with Crippen LogP contribution in [0.3, 0.4) is 0 Å². The third-order valence-corrected chi connectivity index (χ3v) is 4.43. The lowest BCUT2D eigenvalue weighted by atomic mass is 9.72. The number of aliphatic hydroxyl groups is 1. The molecule has 0 aromatic heterocycles. The highest BCUT2D eigenvalue weighted by atomic mass is 16.4. The van der Waals surface area contributed by atoms with Crippen LogP contribution in [0.2, 0.25) is 0 Å². The van der Waals surface area contributed by atoms with Crippen LogP contribution in [0.15, 0.2) is 0 Å². The molecule has 0 bridgehead atoms. The third-order valence-electron chi connectivity index (χ3n) is 4.43. The van der Waals surface area contributed by atoms with Crippen LogP contribution in [0.1, 0.15) is 45.4 Å². The van der Waals surface area contributed by atoms with E-state index in [9.17, 15) is 9.90 Å². The van der Waals surface area contributed by atoms with Gasteiger partial charge in [0.05, 0.1) is 0 Å². The number of carboxylic acid groups (broad SMARTS) is 1. The monoisotopic (exact) mass is 212 g/mol. The van der Waals surface area contributed by atoms with Crippen LogP contribution in [0.5, 0.6) is 0 Å². The van der Waals surface area contributed by atoms with Gasteiger partial charge in [-0.1, -0.05) is 19.8 Å². The van der Waals surface area contributed by atoms with Crippen molar-refractivity contribution in [3.63, 3.8) is 0 Å². The Hall–Kier alpha value is -0.570. The zero-order chi connectivity index (χ0) is 11.1. The highest BCUT2D eigenvalue weighted by molar-refractivity contribution is 5.73. The summed E-state index contributed by atoms with van der Waals surface area (Å²) in [6.45, 7) is 2.25. The molecule has 0 spiro atoms. The minimum Gasteiger partial charge on any atom is -0.479 e. The highest BCUT2D eigenvalue weighted by Gasteiger charge is 2.56. The number of hydrogen-bond donors (Lipinski definition) is 2. The first-order valence-electron chi connectivity index (χ1n) is 5.97. The topological polar surface area (TPSA) is 57.5 Å². The smallest absolute Gasteiger partial charge is 0.333 e. The molecule has 86 valence electrons. The van der Waals surface area contributed by atoms with Crippen molar-refractivity contribution in [3.8, 4) is 0 Å². The fourth-order valence-corrected chi connectivity index (χ4v) is 3.13. The number of aliphatic hydroxyl groups excluding tert-OH is 1. The predicted octanol–water partition coefficient (Wildman–Crippen LogP) is 2.04. The molecule has 2 aliphatic carbocycles. The van der Waals surface area contributed by atoms with Crippen LogP contribution < -0.4 is 0 Å². The van der Waals surface area contributed by atoms with Crippen LogP contribution in [-0.2, 0) is 4.79 Å². The maximum absolute atomic E-state index is 10.8. The second-order valence-corrected chi connectivity index (χ2v) is 5.43. The molecule has 0 amide bonds. The van der Waals surface area contributed by atoms with E-state index >= 15 is 0 Å². The maximum atomic E-state index is 10.8. The molecule has 2 aliphatic rings. The fraction of sp³-hybridized carbons (Fsp3) is 0.917. The van der Waals surface area contributed by atoms with Crippen molar-refractivity contribution in [3.05, 3.63) is 0 Å². The quantitative estimate of drug-likeness (QED) is 0.752. The zero-order valence-electron chi connectivity index (χ0n) is 9.28. The highest BCUT2D eigenvalue weighted by Crippen LogP contribution is 2.59. The van der Waals surface area contributed by atoms with Crippen LogP contribution in [-0.4, -0.2) is 22.3 Å². The van der Waals surface area contributed by atoms with Gasteiger partial charge in [0.15, 0.2) is 6.10 Å². The molecule has 2 N–H and O–H groups in total. The summed E-state index contributed by atoms with van der Waals surface area (Å²) in [5.74, 6) is 0.185. The summed E-state index contributed by atoms with van der Waals surface area (Å²) in [6.07, 6.45) is 5.27. The lowest BCUT2D eigenvalue weighted by Crippen LogP contribution is -2.37. The van der Waals surface area contributed by atoms with E-state index in [1.165, 1.54) is 12.8 Å². The van der Waals surface area contributed by atoms with E-state index in [1.54, 1.807) is 0 Å². The lowest BCUT2D eigenvalue weighted by molar-refractivity contribution is -0.152. The molecule has 0 aromatic carbocycles. The van der Waals surface area contributed by atoms with Gasteiger partial charge < -0.3 is 10.2 Å². The Morgan fingerprint density at radius 2 is 1.80 bits per heavy atom. The van der Waals surface area contributed by atoms with Gasteiger partial charge in [-0.2, -0.15) is 0 Å². The van der Waals surface area contributed by atoms with Gasteiger partial charge in [-0.15, -0.1) is 0 Å². The Labute approximate surface area is 90.5 Å². The average Bonchev–Trinajstić information content (AvgIpc) is 2.99. The van der Waals surface area contributed by atoms with Crippen molar-refractivity contribution in [2.24, 2.45) is 17.3 Å². The molecule has 0 saturated heterocycles. The summed E-state index contributed by atoms with van der Waals surface area (Å²) in [5.41, 5.74) is -0.258. The first-order valence-corrected chi connectivity index (χ1v) is 5.97. The van der Waals surface area contributed by atoms with E-state index in [4.69, 9.17) is 5.11 Å². The Balaban J connectivity index is 2.00. The SMILES string of the molecule is CC1CCC(C2(C(O)C(=O)O)CC2)CC1. The van der Waals surface area contributed by atoms with E-state index < -0.39 is 12.1 Å². The van der Waals surface area contributed by atoms with E-state index in [0.29, 0.717) is 5.92 Å². The molecular formula is C12H20O3. The summed E-state index contributed by atoms with van der Waals surface area (Å²) < 4.78 is 0. The molecule has 2 saturated carbocycles. The first-order chi connectivity index (χ1) is 7.06. The Morgan fingerprint density at radius 3 is 2.20 bits per heavy atom. The number of carboxylic acids is 1. The second kappa shape index (κ2) is 3.78. The Bertz CT molecular complexity index is 250. The van der Waals surface area contributed by atoms with Crippen molar-refractivity contribution in [2.45, 2.75) is 51.6 Å². The number of rotatable bonds is 3. The summed E-state index contributed by atoms with van der Waals surface area (Å²) in [6, 6.07) is 0. The summed E-state index contributed by atoms with van der Waals surface area (Å²) in [4.78, 5) is 10.8. The summed E-state index contributed by atoms with van der Waals surface area (Å²) in [5, 5.41) is 18.6. The molecule has 0 aliphatic heterocycles. The van der Waals surface area contributed by atoms with Gasteiger partial charge in [-0.3, -0.25) is 0 Å². The molecule has 3 nitrogen and oxygen atoms in total. The molecule has 15 heavy (non-hydrogen) atoms. The number of carbonyl (C=O) groups is 1. The molecule has 2 rings (SSSR count). The number of hydrogen-bond acceptors (Lipinski definition) is 2. The molecule has 0 aromatic rings. The molecule has 0 heterocycles. The normalized spacial score (nSPS) is 35.9. The van der Waals surface area contributed by atoms with Crippen LogP contribution >= 0.6 is 0 Å². The van der Waals surface area contributed by atoms with E-state index in [0.717, 1.165) is 31.6 Å². The van der Waals surface area contributed by atoms with Crippen molar-refractivity contribution in [1.29, 1.82) is 0 Å². The molecular weight excluding hydrogens is 192 g/mol. The predicted molar refractivity (Wildman–Crippen MR) is 56.4 cm³/mol. The minimum absolute atomic E-state index is 0.258. The lowest BCUT2D eigenvalue weighted by Gasteiger charge is -2.34. The van der Waals surface area contributed by atoms with E-state index in [2.05, 4.69) is 6.92 Å². The molecule has 2 fully saturated rings. The molecule has 1 unspecified atom stereocenters. The van der Waals surface area contributed by atoms with Gasteiger partial charge in [-0.25, -0.2) is 4.79 Å². The van der Waals surface area contributed by atoms with Crippen LogP contribution in [0, 0.1) is 17.3 Å². The Morgan fingerprint density at radius 1 is 1.27 bits per heavy atom. The van der Waals surface area contributed by atoms with Gasteiger partial charge in [0.25, 0.3) is 0 Å². The summed E-state index contributed by atoms with van der Waals surface area (Å²) in [7, 11) is 0.